The number of furan rings is 1. The topological polar surface area (TPSA) is 50.4 Å². The highest BCUT2D eigenvalue weighted by Crippen LogP contribution is 2.29. The van der Waals surface area contributed by atoms with Crippen LogP contribution in [0.1, 0.15) is 49.1 Å². The molecule has 1 saturated carbocycles. The number of Topliss-reactive ketones (excluding diaryl/α,β-unsaturated/α-hetero) is 1. The average Bonchev–Trinajstić information content (AvgIpc) is 3.12. The van der Waals surface area contributed by atoms with Crippen molar-refractivity contribution >= 4 is 16.8 Å². The van der Waals surface area contributed by atoms with Gasteiger partial charge in [0.2, 0.25) is 5.78 Å². The van der Waals surface area contributed by atoms with E-state index in [9.17, 15) is 14.3 Å². The third-order valence-corrected chi connectivity index (χ3v) is 4.35. The fraction of sp³-hybridized carbons (Fsp3) is 0.471. The van der Waals surface area contributed by atoms with Gasteiger partial charge >= 0.3 is 0 Å². The smallest absolute Gasteiger partial charge is 0.226 e. The van der Waals surface area contributed by atoms with Crippen LogP contribution in [-0.2, 0) is 0 Å². The summed E-state index contributed by atoms with van der Waals surface area (Å²) in [6.07, 6.45) is 5.22. The molecule has 21 heavy (non-hydrogen) atoms. The summed E-state index contributed by atoms with van der Waals surface area (Å²) in [5.74, 6) is -0.0750. The first-order valence-electron chi connectivity index (χ1n) is 7.55. The number of carbonyl (C=O) groups excluding carboxylic acids is 1. The van der Waals surface area contributed by atoms with Crippen molar-refractivity contribution in [3.63, 3.8) is 0 Å². The van der Waals surface area contributed by atoms with Gasteiger partial charge in [-0.15, -0.1) is 0 Å². The van der Waals surface area contributed by atoms with E-state index in [4.69, 9.17) is 4.42 Å². The van der Waals surface area contributed by atoms with Gasteiger partial charge in [0, 0.05) is 11.5 Å². The van der Waals surface area contributed by atoms with Gasteiger partial charge in [-0.3, -0.25) is 4.79 Å². The molecule has 2 aromatic rings. The molecule has 1 heterocycles. The van der Waals surface area contributed by atoms with Crippen LogP contribution in [0, 0.1) is 11.7 Å². The van der Waals surface area contributed by atoms with Gasteiger partial charge in [0.1, 0.15) is 17.5 Å². The lowest BCUT2D eigenvalue weighted by Gasteiger charge is -2.11. The van der Waals surface area contributed by atoms with Crippen molar-refractivity contribution in [1.29, 1.82) is 0 Å². The molecule has 3 rings (SSSR count). The molecule has 1 aliphatic rings. The van der Waals surface area contributed by atoms with E-state index in [0.29, 0.717) is 23.3 Å². The molecule has 1 N–H and O–H groups in total. The molecular weight excluding hydrogens is 271 g/mol. The highest BCUT2D eigenvalue weighted by molar-refractivity contribution is 6.00. The van der Waals surface area contributed by atoms with E-state index >= 15 is 0 Å². The second kappa shape index (κ2) is 5.98. The summed E-state index contributed by atoms with van der Waals surface area (Å²) in [4.78, 5) is 12.2. The number of aliphatic hydroxyl groups excluding tert-OH is 1. The summed E-state index contributed by atoms with van der Waals surface area (Å²) < 4.78 is 18.5. The molecule has 112 valence electrons. The van der Waals surface area contributed by atoms with Crippen LogP contribution in [0.5, 0.6) is 0 Å². The Morgan fingerprint density at radius 3 is 2.86 bits per heavy atom. The molecule has 0 saturated heterocycles. The number of benzene rings is 1. The molecule has 1 fully saturated rings. The molecule has 0 radical (unpaired) electrons. The maximum atomic E-state index is 13.1. The minimum absolute atomic E-state index is 0.106. The largest absolute Gasteiger partial charge is 0.453 e. The first-order chi connectivity index (χ1) is 10.1. The van der Waals surface area contributed by atoms with Crippen LogP contribution in [0.2, 0.25) is 0 Å². The summed E-state index contributed by atoms with van der Waals surface area (Å²) in [5, 5.41) is 10.7. The fourth-order valence-electron chi connectivity index (χ4n) is 3.11. The number of fused-ring (bicyclic) bond motifs is 1. The van der Waals surface area contributed by atoms with E-state index in [0.717, 1.165) is 6.42 Å². The second-order valence-electron chi connectivity index (χ2n) is 5.90. The normalized spacial score (nSPS) is 17.4. The number of halogens is 1. The van der Waals surface area contributed by atoms with Crippen LogP contribution in [0.4, 0.5) is 4.39 Å². The van der Waals surface area contributed by atoms with Crippen LogP contribution in [0.3, 0.4) is 0 Å². The fourth-order valence-corrected chi connectivity index (χ4v) is 3.11. The monoisotopic (exact) mass is 290 g/mol. The van der Waals surface area contributed by atoms with Crippen molar-refractivity contribution in [3.8, 4) is 0 Å². The minimum Gasteiger partial charge on any atom is -0.453 e. The van der Waals surface area contributed by atoms with Gasteiger partial charge in [-0.2, -0.15) is 0 Å². The molecular formula is C17H19FO3. The zero-order chi connectivity index (χ0) is 14.8. The van der Waals surface area contributed by atoms with Gasteiger partial charge in [-0.25, -0.2) is 4.39 Å². The Kier molecular flexibility index (Phi) is 4.06. The Bertz CT molecular complexity index is 641. The zero-order valence-corrected chi connectivity index (χ0v) is 11.8. The summed E-state index contributed by atoms with van der Waals surface area (Å²) in [6, 6.07) is 5.70. The molecule has 4 heteroatoms. The molecule has 0 aliphatic heterocycles. The van der Waals surface area contributed by atoms with Crippen LogP contribution in [0.25, 0.3) is 11.0 Å². The van der Waals surface area contributed by atoms with E-state index < -0.39 is 17.7 Å². The summed E-state index contributed by atoms with van der Waals surface area (Å²) >= 11 is 0. The molecule has 1 unspecified atom stereocenters. The van der Waals surface area contributed by atoms with Crippen LogP contribution in [-0.4, -0.2) is 17.0 Å². The first-order valence-corrected chi connectivity index (χ1v) is 7.55. The maximum Gasteiger partial charge on any atom is 0.226 e. The van der Waals surface area contributed by atoms with Crippen LogP contribution >= 0.6 is 0 Å². The van der Waals surface area contributed by atoms with E-state index in [1.807, 2.05) is 0 Å². The predicted molar refractivity (Wildman–Crippen MR) is 77.7 cm³/mol. The van der Waals surface area contributed by atoms with Gasteiger partial charge in [-0.05, 0) is 37.0 Å². The highest BCUT2D eigenvalue weighted by Gasteiger charge is 2.23. The van der Waals surface area contributed by atoms with Gasteiger partial charge < -0.3 is 9.52 Å². The van der Waals surface area contributed by atoms with E-state index in [-0.39, 0.29) is 5.76 Å². The zero-order valence-electron chi connectivity index (χ0n) is 11.8. The SMILES string of the molecule is O=C(c1cc2ccc(F)cc2o1)C(O)CCC1CCCC1. The van der Waals surface area contributed by atoms with Gasteiger partial charge in [0.05, 0.1) is 0 Å². The molecule has 0 amide bonds. The summed E-state index contributed by atoms with van der Waals surface area (Å²) in [6.45, 7) is 0. The number of aliphatic hydroxyl groups is 1. The predicted octanol–water partition coefficient (Wildman–Crippen LogP) is 4.09. The van der Waals surface area contributed by atoms with Crippen molar-refractivity contribution in [1.82, 2.24) is 0 Å². The molecule has 3 nitrogen and oxygen atoms in total. The van der Waals surface area contributed by atoms with Crippen molar-refractivity contribution in [2.45, 2.75) is 44.6 Å². The minimum atomic E-state index is -1.03. The van der Waals surface area contributed by atoms with Gasteiger partial charge in [0.25, 0.3) is 0 Å². The van der Waals surface area contributed by atoms with E-state index in [2.05, 4.69) is 0 Å². The molecule has 1 aromatic carbocycles. The molecule has 0 bridgehead atoms. The number of carbonyl (C=O) groups is 1. The Morgan fingerprint density at radius 2 is 2.10 bits per heavy atom. The summed E-state index contributed by atoms with van der Waals surface area (Å²) in [7, 11) is 0. The quantitative estimate of drug-likeness (QED) is 0.844. The second-order valence-corrected chi connectivity index (χ2v) is 5.90. The number of hydrogen-bond donors (Lipinski definition) is 1. The number of hydrogen-bond acceptors (Lipinski definition) is 3. The van der Waals surface area contributed by atoms with Gasteiger partial charge in [0.15, 0.2) is 5.76 Å². The average molecular weight is 290 g/mol. The lowest BCUT2D eigenvalue weighted by molar-refractivity contribution is 0.0690. The third-order valence-electron chi connectivity index (χ3n) is 4.35. The van der Waals surface area contributed by atoms with Crippen LogP contribution < -0.4 is 0 Å². The summed E-state index contributed by atoms with van der Waals surface area (Å²) in [5.41, 5.74) is 0.335. The van der Waals surface area contributed by atoms with Crippen molar-refractivity contribution < 1.29 is 18.7 Å². The number of ketones is 1. The lowest BCUT2D eigenvalue weighted by atomic mass is 9.97. The van der Waals surface area contributed by atoms with E-state index in [1.54, 1.807) is 12.1 Å². The van der Waals surface area contributed by atoms with Gasteiger partial charge in [-0.1, -0.05) is 25.7 Å². The Morgan fingerprint density at radius 1 is 1.33 bits per heavy atom. The molecule has 0 spiro atoms. The van der Waals surface area contributed by atoms with Crippen molar-refractivity contribution in [3.05, 3.63) is 35.8 Å². The molecule has 1 aromatic heterocycles. The Hall–Kier alpha value is -1.68. The van der Waals surface area contributed by atoms with E-state index in [1.165, 1.54) is 37.8 Å². The molecule has 1 aliphatic carbocycles. The maximum absolute atomic E-state index is 13.1. The molecule has 1 atom stereocenters. The van der Waals surface area contributed by atoms with Crippen molar-refractivity contribution in [2.75, 3.05) is 0 Å². The standard InChI is InChI=1S/C17H19FO3/c18-13-7-6-12-9-16(21-15(12)10-13)17(20)14(19)8-5-11-3-1-2-4-11/h6-7,9-11,14,19H,1-5,8H2. The Balaban J connectivity index is 1.67. The third kappa shape index (κ3) is 3.16. The van der Waals surface area contributed by atoms with Crippen molar-refractivity contribution in [2.24, 2.45) is 5.92 Å². The first kappa shape index (κ1) is 14.3. The number of rotatable bonds is 5. The lowest BCUT2D eigenvalue weighted by Crippen LogP contribution is -2.20. The highest BCUT2D eigenvalue weighted by atomic mass is 19.1. The van der Waals surface area contributed by atoms with Crippen LogP contribution in [0.15, 0.2) is 28.7 Å². The Labute approximate surface area is 122 Å².